The standard InChI is InChI=1S/C15H32/c1-12(2)9-14(5,6)11-15(7,8)10-13(3)4/h12-13H,9-11H2,1-8H3. The molecule has 0 fully saturated rings. The lowest BCUT2D eigenvalue weighted by molar-refractivity contribution is 0.143. The second-order valence-corrected chi connectivity index (χ2v) is 7.70. The molecule has 15 heavy (non-hydrogen) atoms. The van der Waals surface area contributed by atoms with Crippen LogP contribution in [0.25, 0.3) is 0 Å². The predicted octanol–water partition coefficient (Wildman–Crippen LogP) is 5.52. The Kier molecular flexibility index (Phi) is 5.37. The van der Waals surface area contributed by atoms with Gasteiger partial charge in [0.2, 0.25) is 0 Å². The van der Waals surface area contributed by atoms with Gasteiger partial charge in [-0.25, -0.2) is 0 Å². The van der Waals surface area contributed by atoms with Crippen LogP contribution in [0.4, 0.5) is 0 Å². The normalized spacial score (nSPS) is 14.0. The summed E-state index contributed by atoms with van der Waals surface area (Å²) in [7, 11) is 0. The van der Waals surface area contributed by atoms with Crippen molar-refractivity contribution >= 4 is 0 Å². The van der Waals surface area contributed by atoms with E-state index in [1.54, 1.807) is 0 Å². The fourth-order valence-electron chi connectivity index (χ4n) is 3.65. The van der Waals surface area contributed by atoms with Gasteiger partial charge in [-0.15, -0.1) is 0 Å². The summed E-state index contributed by atoms with van der Waals surface area (Å²) in [5.74, 6) is 1.63. The highest BCUT2D eigenvalue weighted by Crippen LogP contribution is 2.41. The summed E-state index contributed by atoms with van der Waals surface area (Å²) in [6, 6.07) is 0. The van der Waals surface area contributed by atoms with Crippen molar-refractivity contribution in [3.05, 3.63) is 0 Å². The lowest BCUT2D eigenvalue weighted by Crippen LogP contribution is -2.25. The summed E-state index contributed by atoms with van der Waals surface area (Å²) in [6.45, 7) is 19.0. The largest absolute Gasteiger partial charge is 0.0628 e. The maximum Gasteiger partial charge on any atom is -0.0347 e. The highest BCUT2D eigenvalue weighted by molar-refractivity contribution is 4.80. The van der Waals surface area contributed by atoms with Gasteiger partial charge in [0.25, 0.3) is 0 Å². The van der Waals surface area contributed by atoms with Gasteiger partial charge in [-0.2, -0.15) is 0 Å². The van der Waals surface area contributed by atoms with E-state index in [2.05, 4.69) is 55.4 Å². The molecule has 0 heteroatoms. The van der Waals surface area contributed by atoms with Crippen molar-refractivity contribution in [1.29, 1.82) is 0 Å². The Hall–Kier alpha value is 0. The van der Waals surface area contributed by atoms with Gasteiger partial charge < -0.3 is 0 Å². The van der Waals surface area contributed by atoms with Gasteiger partial charge >= 0.3 is 0 Å². The van der Waals surface area contributed by atoms with Gasteiger partial charge in [-0.05, 0) is 41.9 Å². The molecule has 0 nitrogen and oxygen atoms in total. The average molecular weight is 212 g/mol. The lowest BCUT2D eigenvalue weighted by Gasteiger charge is -2.37. The molecule has 0 N–H and O–H groups in total. The molecule has 0 radical (unpaired) electrons. The van der Waals surface area contributed by atoms with Crippen LogP contribution < -0.4 is 0 Å². The van der Waals surface area contributed by atoms with E-state index in [0.29, 0.717) is 10.8 Å². The molecule has 0 aromatic carbocycles. The molecule has 0 aromatic rings. The third-order valence-electron chi connectivity index (χ3n) is 2.88. The second kappa shape index (κ2) is 5.37. The van der Waals surface area contributed by atoms with E-state index < -0.39 is 0 Å². The molecule has 0 spiro atoms. The minimum atomic E-state index is 0.493. The second-order valence-electron chi connectivity index (χ2n) is 7.70. The molecule has 0 aliphatic heterocycles. The van der Waals surface area contributed by atoms with Crippen molar-refractivity contribution in [3.63, 3.8) is 0 Å². The Morgan fingerprint density at radius 2 is 0.933 bits per heavy atom. The molecule has 0 rings (SSSR count). The van der Waals surface area contributed by atoms with E-state index >= 15 is 0 Å². The van der Waals surface area contributed by atoms with Gasteiger partial charge in [0, 0.05) is 0 Å². The van der Waals surface area contributed by atoms with Gasteiger partial charge in [-0.3, -0.25) is 0 Å². The van der Waals surface area contributed by atoms with Gasteiger partial charge in [0.05, 0.1) is 0 Å². The first-order valence-corrected chi connectivity index (χ1v) is 6.54. The molecule has 0 saturated carbocycles. The maximum atomic E-state index is 2.43. The Balaban J connectivity index is 4.29. The van der Waals surface area contributed by atoms with Crippen LogP contribution in [-0.2, 0) is 0 Å². The first-order valence-electron chi connectivity index (χ1n) is 6.54. The van der Waals surface area contributed by atoms with Crippen molar-refractivity contribution in [2.45, 2.75) is 74.7 Å². The smallest absolute Gasteiger partial charge is 0.0347 e. The number of hydrogen-bond donors (Lipinski definition) is 0. The van der Waals surface area contributed by atoms with Gasteiger partial charge in [0.1, 0.15) is 0 Å². The van der Waals surface area contributed by atoms with Crippen molar-refractivity contribution in [2.24, 2.45) is 22.7 Å². The zero-order valence-electron chi connectivity index (χ0n) is 12.3. The maximum absolute atomic E-state index is 2.43. The molecule has 0 saturated heterocycles. The summed E-state index contributed by atoms with van der Waals surface area (Å²) >= 11 is 0. The Labute approximate surface area is 97.8 Å². The van der Waals surface area contributed by atoms with Crippen LogP contribution in [0.2, 0.25) is 0 Å². The molecule has 0 aliphatic carbocycles. The minimum Gasteiger partial charge on any atom is -0.0628 e. The first kappa shape index (κ1) is 15.0. The van der Waals surface area contributed by atoms with E-state index in [0.717, 1.165) is 11.8 Å². The predicted molar refractivity (Wildman–Crippen MR) is 71.1 cm³/mol. The summed E-state index contributed by atoms with van der Waals surface area (Å²) in [6.07, 6.45) is 4.03. The molecule has 0 bridgehead atoms. The fraction of sp³-hybridized carbons (Fsp3) is 1.00. The van der Waals surface area contributed by atoms with Crippen molar-refractivity contribution in [1.82, 2.24) is 0 Å². The van der Waals surface area contributed by atoms with Crippen LogP contribution >= 0.6 is 0 Å². The molecule has 0 atom stereocenters. The SMILES string of the molecule is CC(C)CC(C)(C)CC(C)(C)CC(C)C. The third kappa shape index (κ3) is 7.88. The summed E-state index contributed by atoms with van der Waals surface area (Å²) in [4.78, 5) is 0. The van der Waals surface area contributed by atoms with E-state index in [1.165, 1.54) is 19.3 Å². The van der Waals surface area contributed by atoms with E-state index in [4.69, 9.17) is 0 Å². The van der Waals surface area contributed by atoms with Crippen LogP contribution in [0.5, 0.6) is 0 Å². The highest BCUT2D eigenvalue weighted by atomic mass is 14.3. The van der Waals surface area contributed by atoms with Gasteiger partial charge in [-0.1, -0.05) is 55.4 Å². The van der Waals surface area contributed by atoms with Crippen LogP contribution in [0.15, 0.2) is 0 Å². The molecular weight excluding hydrogens is 180 g/mol. The summed E-state index contributed by atoms with van der Waals surface area (Å²) in [5.41, 5.74) is 0.985. The molecule has 0 heterocycles. The van der Waals surface area contributed by atoms with Crippen LogP contribution in [0.3, 0.4) is 0 Å². The molecular formula is C15H32. The fourth-order valence-corrected chi connectivity index (χ4v) is 3.65. The average Bonchev–Trinajstić information content (AvgIpc) is 1.73. The molecule has 0 aromatic heterocycles. The topological polar surface area (TPSA) is 0 Å². The summed E-state index contributed by atoms with van der Waals surface area (Å²) < 4.78 is 0. The van der Waals surface area contributed by atoms with Crippen molar-refractivity contribution in [2.75, 3.05) is 0 Å². The van der Waals surface area contributed by atoms with Crippen LogP contribution in [0, 0.1) is 22.7 Å². The van der Waals surface area contributed by atoms with Gasteiger partial charge in [0.15, 0.2) is 0 Å². The highest BCUT2D eigenvalue weighted by Gasteiger charge is 2.29. The van der Waals surface area contributed by atoms with E-state index in [9.17, 15) is 0 Å². The Morgan fingerprint density at radius 1 is 0.667 bits per heavy atom. The Bertz CT molecular complexity index is 152. The van der Waals surface area contributed by atoms with Crippen molar-refractivity contribution in [3.8, 4) is 0 Å². The van der Waals surface area contributed by atoms with E-state index in [1.807, 2.05) is 0 Å². The van der Waals surface area contributed by atoms with Crippen LogP contribution in [-0.4, -0.2) is 0 Å². The van der Waals surface area contributed by atoms with Crippen molar-refractivity contribution < 1.29 is 0 Å². The number of hydrogen-bond acceptors (Lipinski definition) is 0. The summed E-state index contributed by atoms with van der Waals surface area (Å²) in [5, 5.41) is 0. The lowest BCUT2D eigenvalue weighted by atomic mass is 9.69. The quantitative estimate of drug-likeness (QED) is 0.543. The first-order chi connectivity index (χ1) is 6.54. The van der Waals surface area contributed by atoms with Crippen LogP contribution in [0.1, 0.15) is 74.7 Å². The third-order valence-corrected chi connectivity index (χ3v) is 2.88. The molecule has 92 valence electrons. The zero-order valence-corrected chi connectivity index (χ0v) is 12.3. The zero-order chi connectivity index (χ0) is 12.3. The number of rotatable bonds is 6. The molecule has 0 aliphatic rings. The van der Waals surface area contributed by atoms with E-state index in [-0.39, 0.29) is 0 Å². The Morgan fingerprint density at radius 3 is 1.13 bits per heavy atom. The monoisotopic (exact) mass is 212 g/mol. The molecule has 0 amide bonds. The molecule has 0 unspecified atom stereocenters. The minimum absolute atomic E-state index is 0.493.